The van der Waals surface area contributed by atoms with Crippen molar-refractivity contribution in [1.29, 1.82) is 5.41 Å². The van der Waals surface area contributed by atoms with E-state index in [0.29, 0.717) is 17.5 Å². The largest absolute Gasteiger partial charge is 0.307 e. The van der Waals surface area contributed by atoms with Crippen LogP contribution >= 0.6 is 0 Å². The summed E-state index contributed by atoms with van der Waals surface area (Å²) in [5.74, 6) is 1.22. The molecule has 5 aromatic rings. The minimum Gasteiger partial charge on any atom is -0.307 e. The van der Waals surface area contributed by atoms with Gasteiger partial charge in [-0.15, -0.1) is 0 Å². The number of fused-ring (bicyclic) bond motifs is 3. The summed E-state index contributed by atoms with van der Waals surface area (Å²) in [5.41, 5.74) is 9.38. The smallest absolute Gasteiger partial charge is 0.160 e. The molecule has 1 fully saturated rings. The lowest BCUT2D eigenvalue weighted by atomic mass is 9.75. The third-order valence-corrected chi connectivity index (χ3v) is 8.47. The van der Waals surface area contributed by atoms with Gasteiger partial charge in [0.15, 0.2) is 5.82 Å². The van der Waals surface area contributed by atoms with Crippen LogP contribution < -0.4 is 0 Å². The third kappa shape index (κ3) is 4.02. The van der Waals surface area contributed by atoms with Gasteiger partial charge in [-0.1, -0.05) is 99.8 Å². The molecule has 1 aliphatic heterocycles. The Morgan fingerprint density at radius 2 is 1.73 bits per heavy atom. The van der Waals surface area contributed by atoms with Crippen LogP contribution in [0.15, 0.2) is 110 Å². The second-order valence-electron chi connectivity index (χ2n) is 11.5. The maximum Gasteiger partial charge on any atom is 0.160 e. The molecule has 41 heavy (non-hydrogen) atoms. The van der Waals surface area contributed by atoms with E-state index in [9.17, 15) is 5.41 Å². The minimum absolute atomic E-state index is 0.367. The van der Waals surface area contributed by atoms with Gasteiger partial charge >= 0.3 is 0 Å². The molecule has 0 spiro atoms. The second-order valence-corrected chi connectivity index (χ2v) is 11.5. The number of nitrogens with one attached hydrogen (secondary N) is 1. The fourth-order valence-corrected chi connectivity index (χ4v) is 6.04. The van der Waals surface area contributed by atoms with Crippen molar-refractivity contribution in [3.8, 4) is 22.6 Å². The van der Waals surface area contributed by atoms with Crippen molar-refractivity contribution in [3.63, 3.8) is 0 Å². The van der Waals surface area contributed by atoms with Crippen LogP contribution in [0.3, 0.4) is 0 Å². The number of hydrogen-bond donors (Lipinski definition) is 1. The van der Waals surface area contributed by atoms with Crippen LogP contribution in [0, 0.1) is 11.3 Å². The minimum atomic E-state index is -0.367. The van der Waals surface area contributed by atoms with Gasteiger partial charge in [0.05, 0.1) is 33.8 Å². The number of benzene rings is 3. The van der Waals surface area contributed by atoms with Gasteiger partial charge in [-0.25, -0.2) is 9.97 Å². The lowest BCUT2D eigenvalue weighted by molar-refractivity contribution is 0.710. The summed E-state index contributed by atoms with van der Waals surface area (Å²) in [4.78, 5) is 10.1. The van der Waals surface area contributed by atoms with E-state index in [1.54, 1.807) is 12.2 Å². The fourth-order valence-electron chi connectivity index (χ4n) is 6.04. The van der Waals surface area contributed by atoms with E-state index in [-0.39, 0.29) is 5.41 Å². The number of aromatic nitrogens is 3. The molecule has 1 N–H and O–H groups in total. The number of para-hydroxylation sites is 1. The van der Waals surface area contributed by atoms with Crippen LogP contribution in [0.25, 0.3) is 55.7 Å². The van der Waals surface area contributed by atoms with Crippen LogP contribution in [0.4, 0.5) is 0 Å². The van der Waals surface area contributed by atoms with Crippen LogP contribution in [0.1, 0.15) is 37.9 Å². The highest BCUT2D eigenvalue weighted by atomic mass is 15.0. The first-order valence-electron chi connectivity index (χ1n) is 14.2. The Balaban J connectivity index is 1.49. The molecule has 0 amide bonds. The molecule has 2 aliphatic rings. The summed E-state index contributed by atoms with van der Waals surface area (Å²) in [6.45, 7) is 12.2. The average Bonchev–Trinajstić information content (AvgIpc) is 3.77. The molecule has 200 valence electrons. The van der Waals surface area contributed by atoms with Crippen molar-refractivity contribution in [3.05, 3.63) is 122 Å². The molecule has 0 radical (unpaired) electrons. The third-order valence-electron chi connectivity index (χ3n) is 8.47. The summed E-state index contributed by atoms with van der Waals surface area (Å²) in [6, 6.07) is 25.2. The van der Waals surface area contributed by atoms with E-state index < -0.39 is 0 Å². The lowest BCUT2D eigenvalue weighted by Crippen LogP contribution is -2.35. The van der Waals surface area contributed by atoms with Gasteiger partial charge in [-0.05, 0) is 54.2 Å². The quantitative estimate of drug-likeness (QED) is 0.222. The van der Waals surface area contributed by atoms with Crippen molar-refractivity contribution in [1.82, 2.24) is 14.5 Å². The Labute approximate surface area is 240 Å². The van der Waals surface area contributed by atoms with Crippen LogP contribution in [-0.4, -0.2) is 20.2 Å². The Morgan fingerprint density at radius 1 is 0.927 bits per heavy atom. The molecular weight excluding hydrogens is 500 g/mol. The Bertz CT molecular complexity index is 1960. The summed E-state index contributed by atoms with van der Waals surface area (Å²) >= 11 is 0. The molecule has 4 heteroatoms. The first-order valence-corrected chi connectivity index (χ1v) is 14.2. The molecule has 3 aromatic carbocycles. The summed E-state index contributed by atoms with van der Waals surface area (Å²) in [6.07, 6.45) is 10.2. The van der Waals surface area contributed by atoms with Gasteiger partial charge < -0.3 is 9.98 Å². The normalized spacial score (nSPS) is 17.4. The predicted molar refractivity (Wildman–Crippen MR) is 172 cm³/mol. The Kier molecular flexibility index (Phi) is 5.75. The predicted octanol–water partition coefficient (Wildman–Crippen LogP) is 9.24. The van der Waals surface area contributed by atoms with E-state index >= 15 is 0 Å². The molecule has 1 aliphatic carbocycles. The van der Waals surface area contributed by atoms with Crippen molar-refractivity contribution in [2.24, 2.45) is 5.92 Å². The van der Waals surface area contributed by atoms with E-state index in [1.807, 2.05) is 30.3 Å². The molecule has 4 nitrogen and oxygen atoms in total. The highest BCUT2D eigenvalue weighted by Crippen LogP contribution is 2.46. The molecule has 0 atom stereocenters. The van der Waals surface area contributed by atoms with Gasteiger partial charge in [-0.2, -0.15) is 0 Å². The molecule has 0 saturated heterocycles. The zero-order valence-electron chi connectivity index (χ0n) is 23.5. The molecule has 3 heterocycles. The van der Waals surface area contributed by atoms with Crippen molar-refractivity contribution < 1.29 is 0 Å². The van der Waals surface area contributed by atoms with Crippen LogP contribution in [0.2, 0.25) is 0 Å². The van der Waals surface area contributed by atoms with Crippen molar-refractivity contribution >= 4 is 38.8 Å². The van der Waals surface area contributed by atoms with Gasteiger partial charge in [0.2, 0.25) is 0 Å². The molecule has 7 rings (SSSR count). The molecule has 0 bridgehead atoms. The molecular formula is C37H32N4. The van der Waals surface area contributed by atoms with Gasteiger partial charge in [0.25, 0.3) is 0 Å². The number of hydrogen-bond acceptors (Lipinski definition) is 3. The first kappa shape index (κ1) is 25.2. The Morgan fingerprint density at radius 3 is 2.46 bits per heavy atom. The maximum atomic E-state index is 9.25. The number of rotatable bonds is 6. The zero-order chi connectivity index (χ0) is 28.3. The topological polar surface area (TPSA) is 54.6 Å². The van der Waals surface area contributed by atoms with Crippen LogP contribution in [0.5, 0.6) is 0 Å². The Hall–Kier alpha value is -4.83. The van der Waals surface area contributed by atoms with Crippen molar-refractivity contribution in [2.45, 2.75) is 32.1 Å². The second kappa shape index (κ2) is 9.38. The van der Waals surface area contributed by atoms with E-state index in [4.69, 9.17) is 9.97 Å². The molecule has 1 saturated carbocycles. The standard InChI is InChI=1S/C37H32N4/c1-5-11-24(6-2)30-22-31(25-12-8-7-9-13-25)40-36(39-30)26-18-19-32-28(21-26)27-14-10-15-29-34(27)41(32)33(20-23-16-17-23)35(38)37(29,3)4/h5-15,18-23,38H,1-2,16-17H2,3-4H3/b24-11+,33-20+,38-35?. The van der Waals surface area contributed by atoms with E-state index in [2.05, 4.69) is 86.2 Å². The van der Waals surface area contributed by atoms with E-state index in [1.165, 1.54) is 29.3 Å². The van der Waals surface area contributed by atoms with Crippen molar-refractivity contribution in [2.75, 3.05) is 0 Å². The maximum absolute atomic E-state index is 9.25. The summed E-state index contributed by atoms with van der Waals surface area (Å²) in [5, 5.41) is 11.6. The number of nitrogens with zero attached hydrogens (tertiary/aromatic N) is 3. The highest BCUT2D eigenvalue weighted by Gasteiger charge is 2.38. The summed E-state index contributed by atoms with van der Waals surface area (Å²) in [7, 11) is 0. The van der Waals surface area contributed by atoms with Gasteiger partial charge in [-0.3, -0.25) is 0 Å². The SMILES string of the molecule is C=C/C=C(\C=C)c1cc(-c2ccccc2)nc(-c2ccc3c(c2)c2cccc4c2n3/C(=C/C2CC2)C(=N)C4(C)C)n1. The molecule has 0 unspecified atom stereocenters. The average molecular weight is 533 g/mol. The first-order chi connectivity index (χ1) is 19.9. The van der Waals surface area contributed by atoms with E-state index in [0.717, 1.165) is 44.7 Å². The number of allylic oxidation sites excluding steroid dienone is 6. The fraction of sp³-hybridized carbons (Fsp3) is 0.162. The highest BCUT2D eigenvalue weighted by molar-refractivity contribution is 6.29. The van der Waals surface area contributed by atoms with Crippen LogP contribution in [-0.2, 0) is 5.41 Å². The van der Waals surface area contributed by atoms with Gasteiger partial charge in [0, 0.05) is 27.3 Å². The summed E-state index contributed by atoms with van der Waals surface area (Å²) < 4.78 is 2.32. The zero-order valence-corrected chi connectivity index (χ0v) is 23.5. The lowest BCUT2D eigenvalue weighted by Gasteiger charge is -2.34. The monoisotopic (exact) mass is 532 g/mol. The van der Waals surface area contributed by atoms with Gasteiger partial charge in [0.1, 0.15) is 0 Å². The molecule has 2 aromatic heterocycles.